The Labute approximate surface area is 248 Å². The molecule has 3 unspecified atom stereocenters. The van der Waals surface area contributed by atoms with Crippen LogP contribution < -0.4 is 15.4 Å². The number of carbonyl (C=O) groups is 3. The van der Waals surface area contributed by atoms with Crippen LogP contribution in [0.5, 0.6) is 5.75 Å². The fourth-order valence-corrected chi connectivity index (χ4v) is 7.33. The largest absolute Gasteiger partial charge is 0.494 e. The quantitative estimate of drug-likeness (QED) is 0.311. The van der Waals surface area contributed by atoms with Crippen LogP contribution in [0.3, 0.4) is 0 Å². The topological polar surface area (TPSA) is 117 Å². The number of anilines is 1. The maximum Gasteiger partial charge on any atom is 0.246 e. The summed E-state index contributed by atoms with van der Waals surface area (Å²) in [7, 11) is 0. The molecule has 3 heterocycles. The van der Waals surface area contributed by atoms with E-state index in [1.807, 2.05) is 51.1 Å². The number of carbonyl (C=O) groups excluding carboxylic acids is 3. The normalized spacial score (nSPS) is 29.4. The first-order valence-corrected chi connectivity index (χ1v) is 15.2. The number of nitrogens with zero attached hydrogens (tertiary/aromatic N) is 1. The molecule has 1 spiro atoms. The molecule has 2 bridgehead atoms. The van der Waals surface area contributed by atoms with E-state index in [1.165, 1.54) is 0 Å². The number of ether oxygens (including phenoxy) is 2. The molecule has 9 nitrogen and oxygen atoms in total. The molecule has 0 aromatic heterocycles. The lowest BCUT2D eigenvalue weighted by Gasteiger charge is -2.36. The minimum Gasteiger partial charge on any atom is -0.494 e. The smallest absolute Gasteiger partial charge is 0.246 e. The lowest BCUT2D eigenvalue weighted by atomic mass is 9.62. The van der Waals surface area contributed by atoms with Crippen molar-refractivity contribution in [1.82, 2.24) is 10.2 Å². The van der Waals surface area contributed by atoms with Crippen LogP contribution in [0, 0.1) is 17.8 Å². The van der Waals surface area contributed by atoms with Crippen LogP contribution in [-0.2, 0) is 25.7 Å². The summed E-state index contributed by atoms with van der Waals surface area (Å²) in [5.74, 6) is -1.56. The predicted octanol–water partition coefficient (Wildman–Crippen LogP) is 3.90. The molecule has 6 atom stereocenters. The summed E-state index contributed by atoms with van der Waals surface area (Å²) >= 11 is 0. The summed E-state index contributed by atoms with van der Waals surface area (Å²) in [6, 6.07) is 16.0. The third-order valence-electron chi connectivity index (χ3n) is 9.39. The maximum atomic E-state index is 14.2. The molecule has 0 aliphatic carbocycles. The monoisotopic (exact) mass is 577 g/mol. The molecule has 3 fully saturated rings. The number of hydrogen-bond donors (Lipinski definition) is 3. The third-order valence-corrected chi connectivity index (χ3v) is 9.39. The number of unbranched alkanes of at least 4 members (excludes halogenated alkanes) is 3. The average Bonchev–Trinajstić information content (AvgIpc) is 3.49. The zero-order valence-corrected chi connectivity index (χ0v) is 24.8. The van der Waals surface area contributed by atoms with Crippen LogP contribution in [0.1, 0.15) is 58.4 Å². The lowest BCUT2D eigenvalue weighted by molar-refractivity contribution is -0.146. The van der Waals surface area contributed by atoms with Crippen molar-refractivity contribution >= 4 is 23.4 Å². The van der Waals surface area contributed by atoms with E-state index in [0.29, 0.717) is 50.4 Å². The highest BCUT2D eigenvalue weighted by molar-refractivity contribution is 6.02. The van der Waals surface area contributed by atoms with E-state index in [4.69, 9.17) is 14.6 Å². The van der Waals surface area contributed by atoms with Crippen LogP contribution in [0.4, 0.5) is 5.69 Å². The molecule has 0 radical (unpaired) electrons. The van der Waals surface area contributed by atoms with E-state index >= 15 is 0 Å². The molecule has 226 valence electrons. The number of amides is 3. The molecule has 3 aliphatic rings. The number of fused-ring (bicyclic) bond motifs is 1. The molecule has 5 rings (SSSR count). The van der Waals surface area contributed by atoms with Gasteiger partial charge in [0.05, 0.1) is 24.0 Å². The van der Waals surface area contributed by atoms with Crippen LogP contribution in [0.15, 0.2) is 54.6 Å². The standard InChI is InChI=1S/C33H43N3O6/c1-4-41-25-16-14-24(15-17-25)35-29(38)26-27-31(40)36(18-10-5-6-11-19-37)28(33(27)20-22(2)32(26,3)42-33)30(39)34-21-23-12-8-7-9-13-23/h7-9,12-17,22,26-28,37H,4-6,10-11,18-21H2,1-3H3,(H,34,39)(H,35,38)/t22?,26-,27-,28?,32+,33?/m0/s1. The molecule has 2 aromatic carbocycles. The van der Waals surface area contributed by atoms with Gasteiger partial charge in [-0.3, -0.25) is 14.4 Å². The van der Waals surface area contributed by atoms with Crippen molar-refractivity contribution in [3.8, 4) is 5.75 Å². The van der Waals surface area contributed by atoms with Crippen molar-refractivity contribution in [3.05, 3.63) is 60.2 Å². The van der Waals surface area contributed by atoms with Gasteiger partial charge < -0.3 is 30.1 Å². The van der Waals surface area contributed by atoms with Gasteiger partial charge >= 0.3 is 0 Å². The van der Waals surface area contributed by atoms with Crippen molar-refractivity contribution < 1.29 is 29.0 Å². The van der Waals surface area contributed by atoms with E-state index in [0.717, 1.165) is 18.4 Å². The summed E-state index contributed by atoms with van der Waals surface area (Å²) in [6.45, 7) is 7.28. The van der Waals surface area contributed by atoms with E-state index in [9.17, 15) is 14.4 Å². The van der Waals surface area contributed by atoms with Crippen molar-refractivity contribution in [2.75, 3.05) is 25.1 Å². The molecule has 3 saturated heterocycles. The minimum atomic E-state index is -1.09. The van der Waals surface area contributed by atoms with Crippen molar-refractivity contribution in [2.24, 2.45) is 17.8 Å². The predicted molar refractivity (Wildman–Crippen MR) is 159 cm³/mol. The third kappa shape index (κ3) is 5.40. The van der Waals surface area contributed by atoms with Crippen molar-refractivity contribution in [3.63, 3.8) is 0 Å². The molecule has 0 saturated carbocycles. The zero-order valence-electron chi connectivity index (χ0n) is 24.8. The van der Waals surface area contributed by atoms with Gasteiger partial charge in [-0.05, 0) is 68.9 Å². The Bertz CT molecular complexity index is 1270. The summed E-state index contributed by atoms with van der Waals surface area (Å²) in [4.78, 5) is 43.8. The van der Waals surface area contributed by atoms with Crippen molar-refractivity contribution in [1.29, 1.82) is 0 Å². The van der Waals surface area contributed by atoms with Crippen molar-refractivity contribution in [2.45, 2.75) is 76.7 Å². The molecular formula is C33H43N3O6. The minimum absolute atomic E-state index is 0.0356. The van der Waals surface area contributed by atoms with Crippen LogP contribution in [-0.4, -0.2) is 64.7 Å². The van der Waals surface area contributed by atoms with E-state index in [2.05, 4.69) is 10.6 Å². The summed E-state index contributed by atoms with van der Waals surface area (Å²) in [6.07, 6.45) is 3.60. The molecule has 2 aromatic rings. The maximum absolute atomic E-state index is 14.2. The Hall–Kier alpha value is -3.43. The van der Waals surface area contributed by atoms with Crippen LogP contribution in [0.2, 0.25) is 0 Å². The molecule has 3 N–H and O–H groups in total. The Morgan fingerprint density at radius 3 is 2.45 bits per heavy atom. The fourth-order valence-electron chi connectivity index (χ4n) is 7.33. The van der Waals surface area contributed by atoms with Gasteiger partial charge in [0.15, 0.2) is 0 Å². The highest BCUT2D eigenvalue weighted by Crippen LogP contribution is 2.65. The molecule has 9 heteroatoms. The number of nitrogens with one attached hydrogen (secondary N) is 2. The Morgan fingerprint density at radius 1 is 1.05 bits per heavy atom. The van der Waals surface area contributed by atoms with Crippen LogP contribution >= 0.6 is 0 Å². The van der Waals surface area contributed by atoms with Crippen LogP contribution in [0.25, 0.3) is 0 Å². The zero-order chi connectivity index (χ0) is 29.9. The van der Waals surface area contributed by atoms with Gasteiger partial charge in [0.1, 0.15) is 17.4 Å². The van der Waals surface area contributed by atoms with Gasteiger partial charge in [-0.15, -0.1) is 0 Å². The average molecular weight is 578 g/mol. The van der Waals surface area contributed by atoms with Gasteiger partial charge in [-0.1, -0.05) is 50.1 Å². The number of likely N-dealkylation sites (tertiary alicyclic amines) is 1. The van der Waals surface area contributed by atoms with Gasteiger partial charge in [-0.2, -0.15) is 0 Å². The molecule has 3 aliphatic heterocycles. The fraction of sp³-hybridized carbons (Fsp3) is 0.545. The van der Waals surface area contributed by atoms with Gasteiger partial charge in [-0.25, -0.2) is 0 Å². The second-order valence-electron chi connectivity index (χ2n) is 12.0. The SMILES string of the molecule is CCOc1ccc(NC(=O)[C@@H]2[C@H]3C(=O)N(CCCCCCO)C(C(=O)NCc4ccccc4)C34CC(C)[C@@]2(C)O4)cc1. The molecule has 42 heavy (non-hydrogen) atoms. The van der Waals surface area contributed by atoms with Gasteiger partial charge in [0.25, 0.3) is 0 Å². The second kappa shape index (κ2) is 12.4. The summed E-state index contributed by atoms with van der Waals surface area (Å²) < 4.78 is 12.3. The van der Waals surface area contributed by atoms with E-state index in [1.54, 1.807) is 29.2 Å². The highest BCUT2D eigenvalue weighted by atomic mass is 16.5. The summed E-state index contributed by atoms with van der Waals surface area (Å²) in [5, 5.41) is 15.2. The number of aliphatic hydroxyl groups excluding tert-OH is 1. The van der Waals surface area contributed by atoms with E-state index < -0.39 is 29.1 Å². The Balaban J connectivity index is 1.42. The molecular weight excluding hydrogens is 534 g/mol. The first-order chi connectivity index (χ1) is 20.2. The second-order valence-corrected chi connectivity index (χ2v) is 12.0. The number of benzene rings is 2. The lowest BCUT2D eigenvalue weighted by Crippen LogP contribution is -2.55. The van der Waals surface area contributed by atoms with E-state index in [-0.39, 0.29) is 30.2 Å². The Morgan fingerprint density at radius 2 is 1.76 bits per heavy atom. The Kier molecular flexibility index (Phi) is 8.89. The first kappa shape index (κ1) is 30.0. The number of aliphatic hydroxyl groups is 1. The first-order valence-electron chi connectivity index (χ1n) is 15.2. The molecule has 3 amide bonds. The summed E-state index contributed by atoms with van der Waals surface area (Å²) in [5.41, 5.74) is -0.400. The van der Waals surface area contributed by atoms with Gasteiger partial charge in [0.2, 0.25) is 17.7 Å². The number of hydrogen-bond acceptors (Lipinski definition) is 6. The highest BCUT2D eigenvalue weighted by Gasteiger charge is 2.79. The van der Waals surface area contributed by atoms with Gasteiger partial charge in [0, 0.05) is 25.4 Å². The number of rotatable bonds is 13.